The van der Waals surface area contributed by atoms with Gasteiger partial charge >= 0.3 is 5.97 Å². The van der Waals surface area contributed by atoms with Crippen LogP contribution in [0.5, 0.6) is 0 Å². The van der Waals surface area contributed by atoms with E-state index in [0.717, 1.165) is 0 Å². The van der Waals surface area contributed by atoms with Gasteiger partial charge in [0.25, 0.3) is 5.09 Å². The van der Waals surface area contributed by atoms with Crippen molar-refractivity contribution >= 4 is 5.97 Å². The number of rotatable bonds is 4. The molecule has 0 radical (unpaired) electrons. The molecule has 0 unspecified atom stereocenters. The summed E-state index contributed by atoms with van der Waals surface area (Å²) in [6.45, 7) is 3.87. The molecule has 0 aliphatic heterocycles. The second-order valence-corrected chi connectivity index (χ2v) is 2.69. The van der Waals surface area contributed by atoms with Crippen molar-refractivity contribution in [2.45, 2.75) is 20.5 Å². The Kier molecular flexibility index (Phi) is 7.09. The molecule has 0 saturated carbocycles. The Bertz CT molecular complexity index is 361. The van der Waals surface area contributed by atoms with Crippen molar-refractivity contribution in [3.05, 3.63) is 45.5 Å². The number of carbonyl (C=O) groups excluding carboxylic acids is 1. The predicted octanol–water partition coefficient (Wildman–Crippen LogP) is 2.21. The smallest absolute Gasteiger partial charge is 0.337 e. The number of nitrogens with zero attached hydrogens (tertiary/aromatic N) is 1. The summed E-state index contributed by atoms with van der Waals surface area (Å²) in [6.07, 6.45) is 0. The third kappa shape index (κ3) is 5.50. The second-order valence-electron chi connectivity index (χ2n) is 2.69. The van der Waals surface area contributed by atoms with Gasteiger partial charge in [-0.3, -0.25) is 0 Å². The first kappa shape index (κ1) is 14.9. The minimum absolute atomic E-state index is 0.131. The van der Waals surface area contributed by atoms with Gasteiger partial charge in [0.1, 0.15) is 6.61 Å². The summed E-state index contributed by atoms with van der Waals surface area (Å²) in [6, 6.07) is 6.17. The van der Waals surface area contributed by atoms with Crippen LogP contribution in [0.3, 0.4) is 0 Å². The van der Waals surface area contributed by atoms with Gasteiger partial charge in [0.2, 0.25) is 0 Å². The summed E-state index contributed by atoms with van der Waals surface area (Å²) in [7, 11) is 1.28. The van der Waals surface area contributed by atoms with Crippen LogP contribution in [0.1, 0.15) is 29.8 Å². The van der Waals surface area contributed by atoms with E-state index in [-0.39, 0.29) is 6.61 Å². The minimum atomic E-state index is -0.867. The maximum atomic E-state index is 11.0. The highest BCUT2D eigenvalue weighted by atomic mass is 16.9. The van der Waals surface area contributed by atoms with E-state index < -0.39 is 11.1 Å². The molecule has 6 nitrogen and oxygen atoms in total. The number of methoxy groups -OCH3 is 1. The Morgan fingerprint density at radius 2 is 1.82 bits per heavy atom. The van der Waals surface area contributed by atoms with E-state index in [1.54, 1.807) is 12.1 Å². The monoisotopic (exact) mass is 241 g/mol. The largest absolute Gasteiger partial charge is 0.465 e. The summed E-state index contributed by atoms with van der Waals surface area (Å²) in [5, 5.41) is 9.04. The lowest BCUT2D eigenvalue weighted by molar-refractivity contribution is -0.763. The van der Waals surface area contributed by atoms with Crippen molar-refractivity contribution in [2.75, 3.05) is 7.11 Å². The van der Waals surface area contributed by atoms with Crippen LogP contribution in [0.2, 0.25) is 0 Å². The van der Waals surface area contributed by atoms with Gasteiger partial charge in [0, 0.05) is 0 Å². The number of benzene rings is 1. The van der Waals surface area contributed by atoms with Crippen LogP contribution in [-0.2, 0) is 16.2 Å². The average molecular weight is 241 g/mol. The molecule has 0 fully saturated rings. The van der Waals surface area contributed by atoms with Crippen LogP contribution in [0.4, 0.5) is 0 Å². The minimum Gasteiger partial charge on any atom is -0.465 e. The molecular formula is C11H15NO5. The molecule has 0 bridgehead atoms. The van der Waals surface area contributed by atoms with Crippen LogP contribution in [-0.4, -0.2) is 18.2 Å². The second kappa shape index (κ2) is 8.09. The fourth-order valence-electron chi connectivity index (χ4n) is 0.982. The van der Waals surface area contributed by atoms with Crippen LogP contribution in [0, 0.1) is 10.1 Å². The standard InChI is InChI=1S/C9H9NO5.C2H6/c1-14-9(11)8-4-2-7(3-5-8)6-15-10(12)13;1-2/h2-5H,6H2,1H3;1-2H3. The van der Waals surface area contributed by atoms with E-state index in [2.05, 4.69) is 9.57 Å². The van der Waals surface area contributed by atoms with E-state index in [1.165, 1.54) is 19.2 Å². The Morgan fingerprint density at radius 3 is 2.24 bits per heavy atom. The van der Waals surface area contributed by atoms with Gasteiger partial charge in [-0.15, -0.1) is 10.1 Å². The lowest BCUT2D eigenvalue weighted by Gasteiger charge is -2.01. The average Bonchev–Trinajstić information content (AvgIpc) is 2.38. The van der Waals surface area contributed by atoms with E-state index in [0.29, 0.717) is 11.1 Å². The van der Waals surface area contributed by atoms with E-state index in [4.69, 9.17) is 0 Å². The summed E-state index contributed by atoms with van der Waals surface area (Å²) in [4.78, 5) is 25.1. The molecule has 0 aliphatic carbocycles. The highest BCUT2D eigenvalue weighted by molar-refractivity contribution is 5.89. The van der Waals surface area contributed by atoms with Gasteiger partial charge < -0.3 is 9.57 Å². The van der Waals surface area contributed by atoms with Gasteiger partial charge in [-0.1, -0.05) is 26.0 Å². The number of carbonyl (C=O) groups is 1. The third-order valence-corrected chi connectivity index (χ3v) is 1.71. The molecule has 1 aromatic rings. The Labute approximate surface area is 99.3 Å². The highest BCUT2D eigenvalue weighted by Crippen LogP contribution is 2.06. The first-order valence-electron chi connectivity index (χ1n) is 5.08. The Morgan fingerprint density at radius 1 is 1.29 bits per heavy atom. The van der Waals surface area contributed by atoms with E-state index in [9.17, 15) is 14.9 Å². The number of hydrogen-bond acceptors (Lipinski definition) is 5. The molecule has 0 atom stereocenters. The van der Waals surface area contributed by atoms with Gasteiger partial charge in [-0.05, 0) is 17.7 Å². The van der Waals surface area contributed by atoms with Gasteiger partial charge in [0.15, 0.2) is 0 Å². The lowest BCUT2D eigenvalue weighted by Crippen LogP contribution is -2.03. The molecular weight excluding hydrogens is 226 g/mol. The van der Waals surface area contributed by atoms with Crippen molar-refractivity contribution in [2.24, 2.45) is 0 Å². The maximum absolute atomic E-state index is 11.0. The van der Waals surface area contributed by atoms with Crippen molar-refractivity contribution in [3.8, 4) is 0 Å². The first-order chi connectivity index (χ1) is 8.13. The molecule has 17 heavy (non-hydrogen) atoms. The summed E-state index contributed by atoms with van der Waals surface area (Å²) in [5.74, 6) is -0.447. The SMILES string of the molecule is CC.COC(=O)c1ccc(CO[N+](=O)[O-])cc1. The van der Waals surface area contributed by atoms with Crippen molar-refractivity contribution in [1.82, 2.24) is 0 Å². The fraction of sp³-hybridized carbons (Fsp3) is 0.364. The number of hydrogen-bond donors (Lipinski definition) is 0. The summed E-state index contributed by atoms with van der Waals surface area (Å²) in [5.41, 5.74) is 1.00. The first-order valence-corrected chi connectivity index (χ1v) is 5.08. The Hall–Kier alpha value is -2.11. The zero-order valence-electron chi connectivity index (χ0n) is 10.0. The van der Waals surface area contributed by atoms with Crippen molar-refractivity contribution in [3.63, 3.8) is 0 Å². The molecule has 0 amide bonds. The van der Waals surface area contributed by atoms with Crippen LogP contribution >= 0.6 is 0 Å². The topological polar surface area (TPSA) is 78.7 Å². The van der Waals surface area contributed by atoms with E-state index >= 15 is 0 Å². The Balaban J connectivity index is 0.00000121. The quantitative estimate of drug-likeness (QED) is 0.458. The van der Waals surface area contributed by atoms with Crippen molar-refractivity contribution in [1.29, 1.82) is 0 Å². The third-order valence-electron chi connectivity index (χ3n) is 1.71. The van der Waals surface area contributed by atoms with Gasteiger partial charge in [-0.2, -0.15) is 0 Å². The normalized spacial score (nSPS) is 8.65. The number of esters is 1. The molecule has 0 spiro atoms. The van der Waals surface area contributed by atoms with Crippen molar-refractivity contribution < 1.29 is 19.5 Å². The maximum Gasteiger partial charge on any atom is 0.337 e. The lowest BCUT2D eigenvalue weighted by atomic mass is 10.1. The van der Waals surface area contributed by atoms with Gasteiger partial charge in [0.05, 0.1) is 12.7 Å². The van der Waals surface area contributed by atoms with E-state index in [1.807, 2.05) is 13.8 Å². The predicted molar refractivity (Wildman–Crippen MR) is 60.9 cm³/mol. The highest BCUT2D eigenvalue weighted by Gasteiger charge is 2.04. The van der Waals surface area contributed by atoms with Gasteiger partial charge in [-0.25, -0.2) is 4.79 Å². The number of ether oxygens (including phenoxy) is 1. The molecule has 6 heteroatoms. The van der Waals surface area contributed by atoms with Crippen LogP contribution < -0.4 is 0 Å². The van der Waals surface area contributed by atoms with Crippen LogP contribution in [0.15, 0.2) is 24.3 Å². The molecule has 0 saturated heterocycles. The molecule has 0 aliphatic rings. The van der Waals surface area contributed by atoms with Crippen LogP contribution in [0.25, 0.3) is 0 Å². The molecule has 0 N–H and O–H groups in total. The molecule has 94 valence electrons. The zero-order chi connectivity index (χ0) is 13.3. The molecule has 0 aromatic heterocycles. The summed E-state index contributed by atoms with van der Waals surface area (Å²) < 4.78 is 4.50. The molecule has 1 rings (SSSR count). The fourth-order valence-corrected chi connectivity index (χ4v) is 0.982. The summed E-state index contributed by atoms with van der Waals surface area (Å²) >= 11 is 0. The zero-order valence-corrected chi connectivity index (χ0v) is 10.0. The molecule has 0 heterocycles. The molecule has 1 aromatic carbocycles.